The van der Waals surface area contributed by atoms with E-state index in [1.54, 1.807) is 0 Å². The molecule has 6 N–H and O–H groups in total. The number of nitrogens with zero attached hydrogens (tertiary/aromatic N) is 2. The zero-order valence-corrected chi connectivity index (χ0v) is 44.0. The summed E-state index contributed by atoms with van der Waals surface area (Å²) in [5, 5.41) is 20.9. The fraction of sp³-hybridized carbons (Fsp3) is 0.760. The first kappa shape index (κ1) is 62.2. The molecule has 3 heterocycles. The first-order valence-corrected chi connectivity index (χ1v) is 29.1. The number of aromatic nitrogens is 2. The number of phosphoric ester groups is 2. The van der Waals surface area contributed by atoms with Gasteiger partial charge in [-0.3, -0.25) is 23.2 Å². The van der Waals surface area contributed by atoms with Gasteiger partial charge in [-0.15, -0.1) is 0 Å². The fourth-order valence-electron chi connectivity index (χ4n) is 7.94. The fourth-order valence-corrected chi connectivity index (χ4v) is 10.0. The number of phosphoric acid groups is 2. The number of aliphatic hydroxyl groups excluding tert-OH is 2. The number of nitrogen functional groups attached to an aromatic ring is 1. The average Bonchev–Trinajstić information content (AvgIpc) is 4.02. The van der Waals surface area contributed by atoms with E-state index in [9.17, 15) is 43.5 Å². The molecule has 4 unspecified atom stereocenters. The molecule has 3 rings (SSSR count). The molecule has 0 bridgehead atoms. The maximum Gasteiger partial charge on any atom is 0.481 e. The third kappa shape index (κ3) is 28.3. The Balaban J connectivity index is 1.39. The van der Waals surface area contributed by atoms with Crippen LogP contribution in [-0.4, -0.2) is 97.9 Å². The van der Waals surface area contributed by atoms with Gasteiger partial charge < -0.3 is 44.7 Å². The average molecular weight is 1050 g/mol. The van der Waals surface area contributed by atoms with Crippen molar-refractivity contribution in [1.29, 1.82) is 0 Å². The molecular formula is C50H85N3O16P2. The summed E-state index contributed by atoms with van der Waals surface area (Å²) in [6, 6.07) is 1.25. The standard InChI is InChI=1S/C50H85N3O16P2/c1-3-5-7-8-9-10-11-12-13-14-15-16-17-18-22-25-29-33-45(54)63-37-40(66-46(55)34-30-26-23-20-19-21-24-28-32-42-41(67-42)31-27-6-4-2)38-64-70(59,60)69-71(61,62)65-39-43-47(56)48(57)49(68-43)53-36-35-44(51)52-50(53)58/h9-10,12-13,24,28,35-36,40-43,47-49,56-57H,3-8,11,14-23,25-27,29-34,37-39H2,1-2H3,(H,59,60)(H,61,62)(H2,51,52,58)/b10-9-,13-12-,28-24-/t40-,41?,42?,43-,47-,48-,49-/m1/s1. The molecule has 0 saturated carbocycles. The Hall–Kier alpha value is -3.06. The van der Waals surface area contributed by atoms with Gasteiger partial charge in [-0.05, 0) is 76.7 Å². The van der Waals surface area contributed by atoms with Gasteiger partial charge in [-0.25, -0.2) is 13.9 Å². The van der Waals surface area contributed by atoms with Gasteiger partial charge in [0.15, 0.2) is 12.3 Å². The lowest BCUT2D eigenvalue weighted by Gasteiger charge is -2.21. The third-order valence-electron chi connectivity index (χ3n) is 12.1. The Bertz CT molecular complexity index is 1900. The van der Waals surface area contributed by atoms with Gasteiger partial charge >= 0.3 is 33.3 Å². The normalized spacial score (nSPS) is 22.3. The molecule has 0 spiro atoms. The van der Waals surface area contributed by atoms with Crippen molar-refractivity contribution >= 4 is 33.4 Å². The molecule has 406 valence electrons. The highest BCUT2D eigenvalue weighted by molar-refractivity contribution is 7.61. The Labute approximate surface area is 421 Å². The molecule has 1 aromatic heterocycles. The number of nitrogens with two attached hydrogens (primary N) is 1. The lowest BCUT2D eigenvalue weighted by Crippen LogP contribution is -2.36. The zero-order valence-electron chi connectivity index (χ0n) is 42.2. The van der Waals surface area contributed by atoms with Gasteiger partial charge in [0, 0.05) is 19.0 Å². The van der Waals surface area contributed by atoms with Crippen LogP contribution in [-0.2, 0) is 51.0 Å². The van der Waals surface area contributed by atoms with E-state index in [1.807, 2.05) is 0 Å². The number of hydrogen-bond donors (Lipinski definition) is 5. The van der Waals surface area contributed by atoms with Crippen LogP contribution in [0.1, 0.15) is 187 Å². The molecule has 2 saturated heterocycles. The second-order valence-corrected chi connectivity index (χ2v) is 21.4. The summed E-state index contributed by atoms with van der Waals surface area (Å²) in [6.45, 7) is 2.08. The topological polar surface area (TPSA) is 278 Å². The van der Waals surface area contributed by atoms with Crippen molar-refractivity contribution in [2.24, 2.45) is 0 Å². The summed E-state index contributed by atoms with van der Waals surface area (Å²) in [5.74, 6) is -1.32. The Morgan fingerprint density at radius 1 is 0.704 bits per heavy atom. The molecule has 19 nitrogen and oxygen atoms in total. The number of anilines is 1. The smallest absolute Gasteiger partial charge is 0.462 e. The predicted octanol–water partition coefficient (Wildman–Crippen LogP) is 9.77. The largest absolute Gasteiger partial charge is 0.481 e. The van der Waals surface area contributed by atoms with E-state index >= 15 is 0 Å². The molecule has 1 aromatic rings. The van der Waals surface area contributed by atoms with Gasteiger partial charge in [-0.2, -0.15) is 9.29 Å². The van der Waals surface area contributed by atoms with Crippen molar-refractivity contribution in [2.45, 2.75) is 224 Å². The third-order valence-corrected chi connectivity index (χ3v) is 14.7. The van der Waals surface area contributed by atoms with Crippen LogP contribution in [0.5, 0.6) is 0 Å². The Kier molecular flexibility index (Phi) is 31.5. The SMILES string of the molecule is CCCCC/C=C\C/C=C\CCCCCCCCCC(=O)OC[C@H](COP(=O)(O)OP(=O)(O)OC[C@H]1O[C@@H](n2ccc(N)nc2=O)[C@H](O)[C@@H]1O)OC(=O)CCCCCCC/C=C\CC1OC1CCCCC. The van der Waals surface area contributed by atoms with Crippen LogP contribution in [0.2, 0.25) is 0 Å². The van der Waals surface area contributed by atoms with Crippen LogP contribution in [0.15, 0.2) is 53.5 Å². The summed E-state index contributed by atoms with van der Waals surface area (Å²) < 4.78 is 62.6. The predicted molar refractivity (Wildman–Crippen MR) is 270 cm³/mol. The van der Waals surface area contributed by atoms with E-state index in [2.05, 4.69) is 59.6 Å². The van der Waals surface area contributed by atoms with Crippen molar-refractivity contribution in [2.75, 3.05) is 25.6 Å². The van der Waals surface area contributed by atoms with Crippen LogP contribution in [0, 0.1) is 0 Å². The molecular weight excluding hydrogens is 961 g/mol. The summed E-state index contributed by atoms with van der Waals surface area (Å²) in [5.41, 5.74) is 4.59. The number of esters is 2. The first-order chi connectivity index (χ1) is 34.1. The summed E-state index contributed by atoms with van der Waals surface area (Å²) >= 11 is 0. The number of aliphatic hydroxyl groups is 2. The number of rotatable bonds is 42. The minimum absolute atomic E-state index is 0.0276. The van der Waals surface area contributed by atoms with Crippen LogP contribution >= 0.6 is 15.6 Å². The van der Waals surface area contributed by atoms with Gasteiger partial charge in [0.25, 0.3) is 0 Å². The molecule has 21 heteroatoms. The first-order valence-electron chi connectivity index (χ1n) is 26.1. The lowest BCUT2D eigenvalue weighted by molar-refractivity contribution is -0.161. The van der Waals surface area contributed by atoms with Crippen LogP contribution in [0.3, 0.4) is 0 Å². The van der Waals surface area contributed by atoms with E-state index in [0.717, 1.165) is 113 Å². The number of allylic oxidation sites excluding steroid dienone is 5. The second kappa shape index (κ2) is 36.0. The van der Waals surface area contributed by atoms with E-state index < -0.39 is 83.7 Å². The lowest BCUT2D eigenvalue weighted by atomic mass is 10.1. The highest BCUT2D eigenvalue weighted by Crippen LogP contribution is 2.60. The van der Waals surface area contributed by atoms with E-state index in [-0.39, 0.29) is 18.7 Å². The van der Waals surface area contributed by atoms with Crippen LogP contribution < -0.4 is 11.4 Å². The maximum absolute atomic E-state index is 12.9. The molecule has 71 heavy (non-hydrogen) atoms. The Morgan fingerprint density at radius 2 is 1.27 bits per heavy atom. The number of epoxide rings is 1. The molecule has 0 radical (unpaired) electrons. The van der Waals surface area contributed by atoms with Gasteiger partial charge in [-0.1, -0.05) is 134 Å². The van der Waals surface area contributed by atoms with Crippen LogP contribution in [0.25, 0.3) is 0 Å². The number of ether oxygens (including phenoxy) is 4. The molecule has 9 atom stereocenters. The summed E-state index contributed by atoms with van der Waals surface area (Å²) in [7, 11) is -10.9. The number of unbranched alkanes of at least 4 members (excludes halogenated alkanes) is 17. The van der Waals surface area contributed by atoms with Crippen LogP contribution in [0.4, 0.5) is 5.82 Å². The number of hydrogen-bond acceptors (Lipinski definition) is 16. The van der Waals surface area contributed by atoms with Crippen molar-refractivity contribution in [1.82, 2.24) is 9.55 Å². The van der Waals surface area contributed by atoms with Crippen molar-refractivity contribution in [3.63, 3.8) is 0 Å². The van der Waals surface area contributed by atoms with E-state index in [0.29, 0.717) is 25.0 Å². The highest BCUT2D eigenvalue weighted by Gasteiger charge is 2.46. The molecule has 2 aliphatic heterocycles. The summed E-state index contributed by atoms with van der Waals surface area (Å²) in [6.07, 6.45) is 32.4. The second-order valence-electron chi connectivity index (χ2n) is 18.4. The molecule has 2 aliphatic rings. The van der Waals surface area contributed by atoms with E-state index in [4.69, 9.17) is 33.7 Å². The van der Waals surface area contributed by atoms with Gasteiger partial charge in [0.05, 0.1) is 25.4 Å². The van der Waals surface area contributed by atoms with Gasteiger partial charge in [0.1, 0.15) is 30.7 Å². The highest BCUT2D eigenvalue weighted by atomic mass is 31.3. The van der Waals surface area contributed by atoms with Crippen molar-refractivity contribution < 1.29 is 71.0 Å². The monoisotopic (exact) mass is 1050 g/mol. The number of carbonyl (C=O) groups excluding carboxylic acids is 2. The number of carbonyl (C=O) groups is 2. The summed E-state index contributed by atoms with van der Waals surface area (Å²) in [4.78, 5) is 62.0. The van der Waals surface area contributed by atoms with Crippen molar-refractivity contribution in [3.05, 3.63) is 59.2 Å². The Morgan fingerprint density at radius 3 is 1.90 bits per heavy atom. The molecule has 0 amide bonds. The minimum Gasteiger partial charge on any atom is -0.462 e. The van der Waals surface area contributed by atoms with Crippen molar-refractivity contribution in [3.8, 4) is 0 Å². The van der Waals surface area contributed by atoms with Gasteiger partial charge in [0.2, 0.25) is 0 Å². The molecule has 2 fully saturated rings. The minimum atomic E-state index is -5.43. The quantitative estimate of drug-likeness (QED) is 0.0134. The molecule has 0 aromatic carbocycles. The van der Waals surface area contributed by atoms with E-state index in [1.165, 1.54) is 44.6 Å². The maximum atomic E-state index is 12.9. The molecule has 0 aliphatic carbocycles. The zero-order chi connectivity index (χ0) is 51.7.